The zero-order chi connectivity index (χ0) is 17.3. The minimum Gasteiger partial charge on any atom is -0.481 e. The van der Waals surface area contributed by atoms with Crippen LogP contribution in [0, 0.1) is 5.92 Å². The van der Waals surface area contributed by atoms with Crippen molar-refractivity contribution in [2.75, 3.05) is 5.73 Å². The quantitative estimate of drug-likeness (QED) is 0.630. The first-order valence-electron chi connectivity index (χ1n) is 7.92. The van der Waals surface area contributed by atoms with E-state index in [0.29, 0.717) is 42.9 Å². The molecule has 3 rings (SSSR count). The van der Waals surface area contributed by atoms with Crippen LogP contribution >= 0.6 is 11.3 Å². The SMILES string of the molecule is NCc1cc(N)cc(-c2cnc(C3(O)CCC(C(=O)O)CC3)s2)c1. The lowest BCUT2D eigenvalue weighted by atomic mass is 9.79. The van der Waals surface area contributed by atoms with Crippen molar-refractivity contribution in [3.8, 4) is 10.4 Å². The normalized spacial score (nSPS) is 24.0. The molecule has 128 valence electrons. The van der Waals surface area contributed by atoms with Gasteiger partial charge in [-0.3, -0.25) is 4.79 Å². The molecule has 24 heavy (non-hydrogen) atoms. The Morgan fingerprint density at radius 3 is 2.67 bits per heavy atom. The van der Waals surface area contributed by atoms with Gasteiger partial charge >= 0.3 is 5.97 Å². The number of hydrogen-bond acceptors (Lipinski definition) is 6. The van der Waals surface area contributed by atoms with Crippen molar-refractivity contribution >= 4 is 23.0 Å². The Bertz CT molecular complexity index is 751. The van der Waals surface area contributed by atoms with Crippen LogP contribution in [0.25, 0.3) is 10.4 Å². The van der Waals surface area contributed by atoms with Gasteiger partial charge in [0.25, 0.3) is 0 Å². The highest BCUT2D eigenvalue weighted by Gasteiger charge is 2.39. The number of rotatable bonds is 4. The Morgan fingerprint density at radius 1 is 1.33 bits per heavy atom. The molecule has 7 heteroatoms. The van der Waals surface area contributed by atoms with Gasteiger partial charge in [-0.15, -0.1) is 11.3 Å². The molecule has 0 aliphatic heterocycles. The molecule has 0 amide bonds. The number of hydrogen-bond donors (Lipinski definition) is 4. The van der Waals surface area contributed by atoms with Gasteiger partial charge in [0, 0.05) is 18.4 Å². The van der Waals surface area contributed by atoms with Crippen molar-refractivity contribution in [2.24, 2.45) is 11.7 Å². The molecular formula is C17H21N3O3S. The fourth-order valence-corrected chi connectivity index (χ4v) is 4.21. The van der Waals surface area contributed by atoms with Crippen LogP contribution < -0.4 is 11.5 Å². The van der Waals surface area contributed by atoms with Crippen LogP contribution in [0.5, 0.6) is 0 Å². The summed E-state index contributed by atoms with van der Waals surface area (Å²) in [7, 11) is 0. The fraction of sp³-hybridized carbons (Fsp3) is 0.412. The van der Waals surface area contributed by atoms with E-state index in [9.17, 15) is 9.90 Å². The number of aliphatic hydroxyl groups is 1. The summed E-state index contributed by atoms with van der Waals surface area (Å²) in [5.41, 5.74) is 13.1. The first-order valence-corrected chi connectivity index (χ1v) is 8.74. The van der Waals surface area contributed by atoms with Crippen molar-refractivity contribution in [1.29, 1.82) is 0 Å². The van der Waals surface area contributed by atoms with Gasteiger partial charge in [0.05, 0.1) is 10.8 Å². The zero-order valence-corrected chi connectivity index (χ0v) is 14.1. The molecule has 0 saturated heterocycles. The van der Waals surface area contributed by atoms with E-state index in [-0.39, 0.29) is 5.92 Å². The van der Waals surface area contributed by atoms with Gasteiger partial charge in [0.15, 0.2) is 0 Å². The highest BCUT2D eigenvalue weighted by molar-refractivity contribution is 7.15. The van der Waals surface area contributed by atoms with E-state index in [2.05, 4.69) is 4.98 Å². The predicted molar refractivity (Wildman–Crippen MR) is 93.3 cm³/mol. The van der Waals surface area contributed by atoms with Gasteiger partial charge in [-0.2, -0.15) is 0 Å². The van der Waals surface area contributed by atoms with Crippen molar-refractivity contribution in [1.82, 2.24) is 4.98 Å². The molecule has 1 saturated carbocycles. The van der Waals surface area contributed by atoms with E-state index in [1.54, 1.807) is 6.20 Å². The summed E-state index contributed by atoms with van der Waals surface area (Å²) in [5.74, 6) is -1.16. The molecule has 1 heterocycles. The molecule has 1 fully saturated rings. The van der Waals surface area contributed by atoms with Gasteiger partial charge in [0.1, 0.15) is 10.6 Å². The predicted octanol–water partition coefficient (Wildman–Crippen LogP) is 2.31. The van der Waals surface area contributed by atoms with Crippen LogP contribution in [-0.4, -0.2) is 21.2 Å². The Hall–Kier alpha value is -1.96. The third kappa shape index (κ3) is 3.28. The minimum atomic E-state index is -1.04. The average Bonchev–Trinajstić information content (AvgIpc) is 3.05. The lowest BCUT2D eigenvalue weighted by Crippen LogP contribution is -2.33. The molecule has 1 aromatic carbocycles. The van der Waals surface area contributed by atoms with Gasteiger partial charge in [-0.1, -0.05) is 0 Å². The molecule has 6 N–H and O–H groups in total. The number of carboxylic acids is 1. The second kappa shape index (κ2) is 6.51. The number of aliphatic carboxylic acids is 1. The smallest absolute Gasteiger partial charge is 0.306 e. The summed E-state index contributed by atoms with van der Waals surface area (Å²) < 4.78 is 0. The largest absolute Gasteiger partial charge is 0.481 e. The van der Waals surface area contributed by atoms with Crippen LogP contribution in [-0.2, 0) is 16.9 Å². The van der Waals surface area contributed by atoms with Crippen molar-refractivity contribution in [2.45, 2.75) is 37.8 Å². The summed E-state index contributed by atoms with van der Waals surface area (Å²) in [6.07, 6.45) is 3.51. The second-order valence-corrected chi connectivity index (χ2v) is 7.37. The Labute approximate surface area is 144 Å². The first kappa shape index (κ1) is 16.9. The summed E-state index contributed by atoms with van der Waals surface area (Å²) in [4.78, 5) is 16.4. The minimum absolute atomic E-state index is 0.370. The maximum atomic E-state index is 11.1. The van der Waals surface area contributed by atoms with E-state index >= 15 is 0 Å². The summed E-state index contributed by atoms with van der Waals surface area (Å²) in [6, 6.07) is 5.67. The highest BCUT2D eigenvalue weighted by Crippen LogP contribution is 2.42. The highest BCUT2D eigenvalue weighted by atomic mass is 32.1. The topological polar surface area (TPSA) is 122 Å². The molecule has 2 aromatic rings. The number of anilines is 1. The van der Waals surface area contributed by atoms with Crippen LogP contribution in [0.3, 0.4) is 0 Å². The fourth-order valence-electron chi connectivity index (χ4n) is 3.16. The molecule has 0 unspecified atom stereocenters. The molecule has 0 spiro atoms. The van der Waals surface area contributed by atoms with Crippen LogP contribution in [0.15, 0.2) is 24.4 Å². The third-order valence-electron chi connectivity index (χ3n) is 4.60. The van der Waals surface area contributed by atoms with Crippen molar-refractivity contribution in [3.05, 3.63) is 35.0 Å². The Balaban J connectivity index is 1.83. The molecule has 0 atom stereocenters. The number of carboxylic acid groups (broad SMARTS) is 1. The molecule has 0 radical (unpaired) electrons. The maximum Gasteiger partial charge on any atom is 0.306 e. The third-order valence-corrected chi connectivity index (χ3v) is 5.84. The summed E-state index contributed by atoms with van der Waals surface area (Å²) in [6.45, 7) is 0.407. The average molecular weight is 347 g/mol. The number of carbonyl (C=O) groups is 1. The molecule has 1 aliphatic rings. The standard InChI is InChI=1S/C17H21N3O3S/c18-8-10-5-12(7-13(19)6-10)14-9-20-16(24-14)17(23)3-1-11(2-4-17)15(21)22/h5-7,9,11,23H,1-4,8,18-19H2,(H,21,22). The number of benzene rings is 1. The zero-order valence-electron chi connectivity index (χ0n) is 13.2. The molecule has 0 bridgehead atoms. The number of aromatic nitrogens is 1. The van der Waals surface area contributed by atoms with Crippen molar-refractivity contribution < 1.29 is 15.0 Å². The number of nitrogens with zero attached hydrogens (tertiary/aromatic N) is 1. The van der Waals surface area contributed by atoms with E-state index < -0.39 is 11.6 Å². The number of thiazole rings is 1. The van der Waals surface area contributed by atoms with Crippen LogP contribution in [0.4, 0.5) is 5.69 Å². The molecule has 1 aromatic heterocycles. The lowest BCUT2D eigenvalue weighted by molar-refractivity contribution is -0.145. The van der Waals surface area contributed by atoms with Gasteiger partial charge in [-0.05, 0) is 55.0 Å². The number of nitrogen functional groups attached to an aromatic ring is 1. The van der Waals surface area contributed by atoms with Crippen LogP contribution in [0.2, 0.25) is 0 Å². The molecular weight excluding hydrogens is 326 g/mol. The maximum absolute atomic E-state index is 11.1. The van der Waals surface area contributed by atoms with E-state index in [0.717, 1.165) is 16.0 Å². The van der Waals surface area contributed by atoms with E-state index in [1.165, 1.54) is 11.3 Å². The van der Waals surface area contributed by atoms with E-state index in [4.69, 9.17) is 16.6 Å². The summed E-state index contributed by atoms with van der Waals surface area (Å²) >= 11 is 1.42. The Morgan fingerprint density at radius 2 is 2.04 bits per heavy atom. The van der Waals surface area contributed by atoms with Gasteiger partial charge in [0.2, 0.25) is 0 Å². The summed E-state index contributed by atoms with van der Waals surface area (Å²) in [5, 5.41) is 20.6. The molecule has 6 nitrogen and oxygen atoms in total. The first-order chi connectivity index (χ1) is 11.4. The van der Waals surface area contributed by atoms with Crippen LogP contribution in [0.1, 0.15) is 36.3 Å². The van der Waals surface area contributed by atoms with Gasteiger partial charge < -0.3 is 21.7 Å². The van der Waals surface area contributed by atoms with E-state index in [1.807, 2.05) is 18.2 Å². The van der Waals surface area contributed by atoms with Gasteiger partial charge in [-0.25, -0.2) is 4.98 Å². The molecule has 1 aliphatic carbocycles. The second-order valence-electron chi connectivity index (χ2n) is 6.34. The lowest BCUT2D eigenvalue weighted by Gasteiger charge is -2.32. The number of nitrogens with two attached hydrogens (primary N) is 2. The monoisotopic (exact) mass is 347 g/mol. The van der Waals surface area contributed by atoms with Crippen molar-refractivity contribution in [3.63, 3.8) is 0 Å². The Kier molecular flexibility index (Phi) is 4.58.